The van der Waals surface area contributed by atoms with Gasteiger partial charge in [-0.25, -0.2) is 0 Å². The number of aromatic amines is 1. The molecule has 1 aromatic heterocycles. The Hall–Kier alpha value is -1.81. The molecule has 2 aromatic rings. The van der Waals surface area contributed by atoms with Crippen molar-refractivity contribution < 1.29 is 5.11 Å². The summed E-state index contributed by atoms with van der Waals surface area (Å²) in [7, 11) is 0. The monoisotopic (exact) mass is 217 g/mol. The quantitative estimate of drug-likeness (QED) is 0.732. The maximum absolute atomic E-state index is 9.37. The molecule has 4 nitrogen and oxygen atoms in total. The number of rotatable bonds is 3. The maximum Gasteiger partial charge on any atom is 0.116 e. The van der Waals surface area contributed by atoms with Gasteiger partial charge < -0.3 is 10.8 Å². The molecule has 0 bridgehead atoms. The van der Waals surface area contributed by atoms with Crippen LogP contribution in [0.4, 0.5) is 0 Å². The number of phenolic OH excluding ortho intramolecular Hbond substituents is 1. The van der Waals surface area contributed by atoms with Crippen LogP contribution in [0.25, 0.3) is 11.3 Å². The van der Waals surface area contributed by atoms with Gasteiger partial charge in [-0.05, 0) is 25.1 Å². The first kappa shape index (κ1) is 10.7. The molecule has 4 N–H and O–H groups in total. The largest absolute Gasteiger partial charge is 0.508 e. The van der Waals surface area contributed by atoms with Crippen molar-refractivity contribution in [2.24, 2.45) is 5.73 Å². The van der Waals surface area contributed by atoms with E-state index in [-0.39, 0.29) is 11.8 Å². The van der Waals surface area contributed by atoms with E-state index in [1.165, 1.54) is 0 Å². The highest BCUT2D eigenvalue weighted by Gasteiger charge is 2.05. The fourth-order valence-electron chi connectivity index (χ4n) is 1.63. The smallest absolute Gasteiger partial charge is 0.116 e. The summed E-state index contributed by atoms with van der Waals surface area (Å²) in [4.78, 5) is 0. The van der Waals surface area contributed by atoms with Gasteiger partial charge in [0, 0.05) is 23.7 Å². The first-order valence-electron chi connectivity index (χ1n) is 5.24. The molecule has 84 valence electrons. The van der Waals surface area contributed by atoms with Crippen molar-refractivity contribution >= 4 is 0 Å². The van der Waals surface area contributed by atoms with Gasteiger partial charge in [0.05, 0.1) is 5.69 Å². The minimum absolute atomic E-state index is 0.109. The summed E-state index contributed by atoms with van der Waals surface area (Å²) >= 11 is 0. The fourth-order valence-corrected chi connectivity index (χ4v) is 1.63. The fraction of sp³-hybridized carbons (Fsp3) is 0.250. The zero-order chi connectivity index (χ0) is 11.5. The molecule has 1 aromatic carbocycles. The number of nitrogens with zero attached hydrogens (tertiary/aromatic N) is 1. The molecule has 2 rings (SSSR count). The van der Waals surface area contributed by atoms with Crippen molar-refractivity contribution in [1.29, 1.82) is 0 Å². The second-order valence-corrected chi connectivity index (χ2v) is 4.01. The second kappa shape index (κ2) is 4.37. The molecule has 0 aliphatic carbocycles. The summed E-state index contributed by atoms with van der Waals surface area (Å²) in [5.74, 6) is 0.245. The molecular weight excluding hydrogens is 202 g/mol. The summed E-state index contributed by atoms with van der Waals surface area (Å²) in [5, 5.41) is 16.5. The topological polar surface area (TPSA) is 74.9 Å². The molecular formula is C12H15N3O. The normalized spacial score (nSPS) is 12.6. The summed E-state index contributed by atoms with van der Waals surface area (Å²) in [6.07, 6.45) is 0.770. The van der Waals surface area contributed by atoms with Crippen LogP contribution in [0, 0.1) is 0 Å². The average Bonchev–Trinajstić information content (AvgIpc) is 2.65. The Morgan fingerprint density at radius 1 is 1.44 bits per heavy atom. The van der Waals surface area contributed by atoms with E-state index in [0.717, 1.165) is 23.4 Å². The van der Waals surface area contributed by atoms with E-state index in [4.69, 9.17) is 5.73 Å². The number of nitrogens with two attached hydrogens (primary N) is 1. The molecule has 0 saturated carbocycles. The van der Waals surface area contributed by atoms with Crippen molar-refractivity contribution in [1.82, 2.24) is 10.2 Å². The summed E-state index contributed by atoms with van der Waals surface area (Å²) < 4.78 is 0. The van der Waals surface area contributed by atoms with E-state index < -0.39 is 0 Å². The molecule has 1 heterocycles. The number of aromatic nitrogens is 2. The molecule has 4 heteroatoms. The van der Waals surface area contributed by atoms with E-state index in [2.05, 4.69) is 10.2 Å². The first-order valence-corrected chi connectivity index (χ1v) is 5.24. The van der Waals surface area contributed by atoms with Crippen molar-refractivity contribution in [2.45, 2.75) is 19.4 Å². The molecule has 16 heavy (non-hydrogen) atoms. The van der Waals surface area contributed by atoms with Crippen LogP contribution in [0.3, 0.4) is 0 Å². The molecule has 0 fully saturated rings. The molecule has 0 saturated heterocycles. The number of nitrogens with one attached hydrogen (secondary N) is 1. The Bertz CT molecular complexity index is 477. The number of hydrogen-bond acceptors (Lipinski definition) is 3. The lowest BCUT2D eigenvalue weighted by atomic mass is 10.1. The lowest BCUT2D eigenvalue weighted by Crippen LogP contribution is -2.17. The molecule has 0 amide bonds. The van der Waals surface area contributed by atoms with Gasteiger partial charge in [0.15, 0.2) is 0 Å². The molecule has 1 atom stereocenters. The van der Waals surface area contributed by atoms with Gasteiger partial charge in [0.2, 0.25) is 0 Å². The van der Waals surface area contributed by atoms with Gasteiger partial charge in [-0.3, -0.25) is 5.10 Å². The van der Waals surface area contributed by atoms with Crippen molar-refractivity contribution in [3.63, 3.8) is 0 Å². The van der Waals surface area contributed by atoms with E-state index in [1.807, 2.05) is 19.1 Å². The zero-order valence-corrected chi connectivity index (χ0v) is 9.14. The predicted octanol–water partition coefficient (Wildman–Crippen LogP) is 1.67. The van der Waals surface area contributed by atoms with E-state index in [1.54, 1.807) is 18.2 Å². The minimum atomic E-state index is 0.109. The van der Waals surface area contributed by atoms with E-state index in [0.29, 0.717) is 0 Å². The average molecular weight is 217 g/mol. The van der Waals surface area contributed by atoms with Crippen molar-refractivity contribution in [2.75, 3.05) is 0 Å². The summed E-state index contributed by atoms with van der Waals surface area (Å²) in [5.41, 5.74) is 8.44. The number of phenols is 1. The highest BCUT2D eigenvalue weighted by Crippen LogP contribution is 2.21. The van der Waals surface area contributed by atoms with Gasteiger partial charge in [-0.1, -0.05) is 12.1 Å². The summed E-state index contributed by atoms with van der Waals surface area (Å²) in [6, 6.07) is 9.09. The highest BCUT2D eigenvalue weighted by molar-refractivity contribution is 5.61. The van der Waals surface area contributed by atoms with Crippen LogP contribution >= 0.6 is 0 Å². The van der Waals surface area contributed by atoms with Gasteiger partial charge in [0.25, 0.3) is 0 Å². The van der Waals surface area contributed by atoms with Crippen LogP contribution in [0.5, 0.6) is 5.75 Å². The molecule has 0 aliphatic rings. The SMILES string of the molecule is CC(N)Cc1cc(-c2cccc(O)c2)n[nH]1. The third-order valence-corrected chi connectivity index (χ3v) is 2.31. The third kappa shape index (κ3) is 2.41. The zero-order valence-electron chi connectivity index (χ0n) is 9.14. The first-order chi connectivity index (χ1) is 7.65. The second-order valence-electron chi connectivity index (χ2n) is 4.01. The van der Waals surface area contributed by atoms with Crippen LogP contribution in [0.1, 0.15) is 12.6 Å². The Balaban J connectivity index is 2.24. The third-order valence-electron chi connectivity index (χ3n) is 2.31. The number of hydrogen-bond donors (Lipinski definition) is 3. The Kier molecular flexibility index (Phi) is 2.92. The van der Waals surface area contributed by atoms with Gasteiger partial charge in [-0.2, -0.15) is 5.10 Å². The standard InChI is InChI=1S/C12H15N3O/c1-8(13)5-10-7-12(15-14-10)9-3-2-4-11(16)6-9/h2-4,6-8,16H,5,13H2,1H3,(H,14,15). The summed E-state index contributed by atoms with van der Waals surface area (Å²) in [6.45, 7) is 1.95. The maximum atomic E-state index is 9.37. The lowest BCUT2D eigenvalue weighted by Gasteiger charge is -1.99. The van der Waals surface area contributed by atoms with E-state index >= 15 is 0 Å². The highest BCUT2D eigenvalue weighted by atomic mass is 16.3. The molecule has 1 unspecified atom stereocenters. The van der Waals surface area contributed by atoms with E-state index in [9.17, 15) is 5.11 Å². The van der Waals surface area contributed by atoms with Crippen LogP contribution in [0.2, 0.25) is 0 Å². The lowest BCUT2D eigenvalue weighted by molar-refractivity contribution is 0.475. The Morgan fingerprint density at radius 3 is 2.94 bits per heavy atom. The number of H-pyrrole nitrogens is 1. The predicted molar refractivity (Wildman–Crippen MR) is 63.0 cm³/mol. The number of benzene rings is 1. The Morgan fingerprint density at radius 2 is 2.25 bits per heavy atom. The van der Waals surface area contributed by atoms with Crippen LogP contribution in [-0.2, 0) is 6.42 Å². The van der Waals surface area contributed by atoms with Crippen molar-refractivity contribution in [3.05, 3.63) is 36.0 Å². The minimum Gasteiger partial charge on any atom is -0.508 e. The number of aromatic hydroxyl groups is 1. The van der Waals surface area contributed by atoms with Gasteiger partial charge in [0.1, 0.15) is 5.75 Å². The van der Waals surface area contributed by atoms with Gasteiger partial charge in [-0.15, -0.1) is 0 Å². The van der Waals surface area contributed by atoms with Crippen LogP contribution < -0.4 is 5.73 Å². The van der Waals surface area contributed by atoms with Crippen LogP contribution in [0.15, 0.2) is 30.3 Å². The Labute approximate surface area is 94.1 Å². The molecule has 0 aliphatic heterocycles. The molecule has 0 radical (unpaired) electrons. The van der Waals surface area contributed by atoms with Crippen molar-refractivity contribution in [3.8, 4) is 17.0 Å². The van der Waals surface area contributed by atoms with Gasteiger partial charge >= 0.3 is 0 Å². The molecule has 0 spiro atoms. The van der Waals surface area contributed by atoms with Crippen LogP contribution in [-0.4, -0.2) is 21.3 Å².